The highest BCUT2D eigenvalue weighted by Crippen LogP contribution is 2.34. The van der Waals surface area contributed by atoms with Gasteiger partial charge in [-0.1, -0.05) is 16.5 Å². The van der Waals surface area contributed by atoms with Gasteiger partial charge in [0.15, 0.2) is 0 Å². The number of para-hydroxylation sites is 1. The summed E-state index contributed by atoms with van der Waals surface area (Å²) in [5.41, 5.74) is -2.25. The molecule has 10 heteroatoms. The van der Waals surface area contributed by atoms with E-state index in [-0.39, 0.29) is 0 Å². The van der Waals surface area contributed by atoms with Crippen LogP contribution in [-0.2, 0) is 5.92 Å². The second-order valence-electron chi connectivity index (χ2n) is 2.88. The third-order valence-corrected chi connectivity index (χ3v) is 1.93. The number of halogens is 1. The molecule has 0 atom stereocenters. The summed E-state index contributed by atoms with van der Waals surface area (Å²) in [6.07, 6.45) is 0. The van der Waals surface area contributed by atoms with Gasteiger partial charge in [0, 0.05) is 6.07 Å². The molecular weight excluding hydrogens is 241 g/mol. The molecule has 1 rings (SSSR count). The lowest BCUT2D eigenvalue weighted by Crippen LogP contribution is -2.39. The van der Waals surface area contributed by atoms with Crippen molar-refractivity contribution in [3.8, 4) is 0 Å². The molecule has 1 aromatic rings. The lowest BCUT2D eigenvalue weighted by molar-refractivity contribution is -0.846. The van der Waals surface area contributed by atoms with E-state index in [2.05, 4.69) is 0 Å². The third-order valence-electron chi connectivity index (χ3n) is 1.93. The first-order valence-electron chi connectivity index (χ1n) is 4.03. The standard InChI is InChI=1S/C7H4FN3O6/c8-7(10(14)15,11(16)17)5-3-1-2-4-6(5)9(12)13/h1-4H. The van der Waals surface area contributed by atoms with E-state index >= 15 is 0 Å². The maximum Gasteiger partial charge on any atom is 0.649 e. The van der Waals surface area contributed by atoms with Crippen LogP contribution >= 0.6 is 0 Å². The minimum atomic E-state index is -4.23. The summed E-state index contributed by atoms with van der Waals surface area (Å²) in [7, 11) is 0. The van der Waals surface area contributed by atoms with Gasteiger partial charge in [0.25, 0.3) is 5.69 Å². The Hall–Kier alpha value is -2.65. The van der Waals surface area contributed by atoms with Gasteiger partial charge >= 0.3 is 5.92 Å². The van der Waals surface area contributed by atoms with Crippen LogP contribution in [0.15, 0.2) is 24.3 Å². The lowest BCUT2D eigenvalue weighted by Gasteiger charge is -2.07. The van der Waals surface area contributed by atoms with Gasteiger partial charge in [-0.3, -0.25) is 30.3 Å². The molecule has 0 bridgehead atoms. The van der Waals surface area contributed by atoms with Gasteiger partial charge in [-0.15, -0.1) is 0 Å². The first kappa shape index (κ1) is 12.4. The predicted molar refractivity (Wildman–Crippen MR) is 49.9 cm³/mol. The number of benzene rings is 1. The molecule has 0 fully saturated rings. The van der Waals surface area contributed by atoms with Crippen molar-refractivity contribution in [1.82, 2.24) is 0 Å². The fourth-order valence-electron chi connectivity index (χ4n) is 1.17. The van der Waals surface area contributed by atoms with Gasteiger partial charge in [-0.05, 0) is 6.07 Å². The summed E-state index contributed by atoms with van der Waals surface area (Å²) >= 11 is 0. The molecule has 9 nitrogen and oxygen atoms in total. The highest BCUT2D eigenvalue weighted by molar-refractivity contribution is 5.41. The van der Waals surface area contributed by atoms with E-state index in [4.69, 9.17) is 0 Å². The van der Waals surface area contributed by atoms with Crippen molar-refractivity contribution in [3.05, 3.63) is 60.2 Å². The first-order valence-corrected chi connectivity index (χ1v) is 4.03. The molecule has 0 aliphatic rings. The minimum Gasteiger partial charge on any atom is -0.258 e. The quantitative estimate of drug-likeness (QED) is 0.339. The second-order valence-corrected chi connectivity index (χ2v) is 2.88. The van der Waals surface area contributed by atoms with Gasteiger partial charge < -0.3 is 0 Å². The van der Waals surface area contributed by atoms with Crippen LogP contribution in [0.4, 0.5) is 10.1 Å². The van der Waals surface area contributed by atoms with Crippen molar-refractivity contribution in [1.29, 1.82) is 0 Å². The Bertz CT molecular complexity index is 490. The number of hydrogen-bond acceptors (Lipinski definition) is 6. The molecule has 90 valence electrons. The van der Waals surface area contributed by atoms with E-state index < -0.39 is 31.9 Å². The van der Waals surface area contributed by atoms with Gasteiger partial charge in [0.2, 0.25) is 5.56 Å². The fourth-order valence-corrected chi connectivity index (χ4v) is 1.17. The summed E-state index contributed by atoms with van der Waals surface area (Å²) in [6, 6.07) is 3.52. The largest absolute Gasteiger partial charge is 0.649 e. The van der Waals surface area contributed by atoms with E-state index in [1.807, 2.05) is 0 Å². The zero-order valence-electron chi connectivity index (χ0n) is 7.98. The molecule has 0 unspecified atom stereocenters. The third kappa shape index (κ3) is 1.87. The van der Waals surface area contributed by atoms with E-state index in [1.54, 1.807) is 0 Å². The van der Waals surface area contributed by atoms with Crippen LogP contribution in [0.25, 0.3) is 0 Å². The van der Waals surface area contributed by atoms with Crippen molar-refractivity contribution in [3.63, 3.8) is 0 Å². The zero-order valence-corrected chi connectivity index (χ0v) is 7.98. The van der Waals surface area contributed by atoms with Crippen LogP contribution in [0.2, 0.25) is 0 Å². The van der Waals surface area contributed by atoms with Crippen molar-refractivity contribution in [2.75, 3.05) is 0 Å². The van der Waals surface area contributed by atoms with Crippen molar-refractivity contribution in [2.24, 2.45) is 0 Å². The topological polar surface area (TPSA) is 129 Å². The van der Waals surface area contributed by atoms with E-state index in [1.165, 1.54) is 0 Å². The Morgan fingerprint density at radius 2 is 1.47 bits per heavy atom. The molecule has 0 N–H and O–H groups in total. The maximum atomic E-state index is 13.7. The van der Waals surface area contributed by atoms with Gasteiger partial charge in [0.05, 0.1) is 4.92 Å². The maximum absolute atomic E-state index is 13.7. The molecular formula is C7H4FN3O6. The lowest BCUT2D eigenvalue weighted by atomic mass is 10.1. The molecule has 0 spiro atoms. The Labute approximate surface area is 91.9 Å². The van der Waals surface area contributed by atoms with Crippen molar-refractivity contribution in [2.45, 2.75) is 5.92 Å². The number of alkyl halides is 1. The highest BCUT2D eigenvalue weighted by Gasteiger charge is 2.63. The highest BCUT2D eigenvalue weighted by atomic mass is 19.2. The smallest absolute Gasteiger partial charge is 0.258 e. The van der Waals surface area contributed by atoms with Gasteiger partial charge in [-0.2, -0.15) is 0 Å². The summed E-state index contributed by atoms with van der Waals surface area (Å²) < 4.78 is 13.7. The molecule has 0 radical (unpaired) electrons. The summed E-state index contributed by atoms with van der Waals surface area (Å²) in [5.74, 6) is -4.23. The number of nitrogens with zero attached hydrogens (tertiary/aromatic N) is 3. The van der Waals surface area contributed by atoms with Crippen LogP contribution in [0.1, 0.15) is 5.56 Å². The summed E-state index contributed by atoms with van der Waals surface area (Å²) in [5, 5.41) is 31.3. The monoisotopic (exact) mass is 245 g/mol. The second kappa shape index (κ2) is 4.08. The molecule has 0 heterocycles. The molecule has 0 saturated carbocycles. The van der Waals surface area contributed by atoms with Crippen LogP contribution in [-0.4, -0.2) is 14.8 Å². The molecule has 17 heavy (non-hydrogen) atoms. The molecule has 0 aliphatic carbocycles. The van der Waals surface area contributed by atoms with Gasteiger partial charge in [-0.25, -0.2) is 0 Å². The van der Waals surface area contributed by atoms with Crippen LogP contribution in [0.3, 0.4) is 0 Å². The molecule has 1 aromatic carbocycles. The number of rotatable bonds is 4. The Kier molecular flexibility index (Phi) is 2.98. The number of nitro benzene ring substituents is 1. The van der Waals surface area contributed by atoms with Crippen molar-refractivity contribution < 1.29 is 19.2 Å². The summed E-state index contributed by atoms with van der Waals surface area (Å²) in [4.78, 5) is 26.5. The Balaban J connectivity index is 3.55. The van der Waals surface area contributed by atoms with E-state index in [0.29, 0.717) is 6.07 Å². The van der Waals surface area contributed by atoms with Gasteiger partial charge in [0.1, 0.15) is 9.85 Å². The summed E-state index contributed by atoms with van der Waals surface area (Å²) in [6.45, 7) is 0. The zero-order chi connectivity index (χ0) is 13.2. The Morgan fingerprint density at radius 3 is 1.88 bits per heavy atom. The predicted octanol–water partition coefficient (Wildman–Crippen LogP) is 1.23. The normalized spacial score (nSPS) is 10.9. The molecule has 0 saturated heterocycles. The minimum absolute atomic E-state index is 0.629. The average molecular weight is 245 g/mol. The fraction of sp³-hybridized carbons (Fsp3) is 0.143. The average Bonchev–Trinajstić information content (AvgIpc) is 2.27. The molecule has 0 aliphatic heterocycles. The first-order chi connectivity index (χ1) is 7.81. The van der Waals surface area contributed by atoms with Crippen molar-refractivity contribution >= 4 is 5.69 Å². The molecule has 0 aromatic heterocycles. The SMILES string of the molecule is O=[N+]([O-])c1ccccc1C(F)([N+](=O)[O-])[N+](=O)[O-]. The Morgan fingerprint density at radius 1 is 1.00 bits per heavy atom. The van der Waals surface area contributed by atoms with E-state index in [9.17, 15) is 34.7 Å². The van der Waals surface area contributed by atoms with Crippen LogP contribution in [0.5, 0.6) is 0 Å². The number of hydrogen-bond donors (Lipinski definition) is 0. The van der Waals surface area contributed by atoms with Crippen LogP contribution in [0, 0.1) is 30.3 Å². The molecule has 0 amide bonds. The van der Waals surface area contributed by atoms with E-state index in [0.717, 1.165) is 18.2 Å². The number of nitro groups is 3. The van der Waals surface area contributed by atoms with Crippen LogP contribution < -0.4 is 0 Å².